The van der Waals surface area contributed by atoms with Crippen LogP contribution in [-0.2, 0) is 15.8 Å². The highest BCUT2D eigenvalue weighted by molar-refractivity contribution is 7.88. The average Bonchev–Trinajstić information content (AvgIpc) is 2.66. The summed E-state index contributed by atoms with van der Waals surface area (Å²) in [5, 5.41) is 3.99. The summed E-state index contributed by atoms with van der Waals surface area (Å²) >= 11 is 11.7. The van der Waals surface area contributed by atoms with Crippen molar-refractivity contribution in [2.45, 2.75) is 18.2 Å². The maximum atomic E-state index is 12.0. The molecule has 1 heterocycles. The number of benzene rings is 1. The molecule has 1 saturated heterocycles. The van der Waals surface area contributed by atoms with Gasteiger partial charge in [-0.2, -0.15) is 0 Å². The van der Waals surface area contributed by atoms with E-state index in [0.717, 1.165) is 13.0 Å². The summed E-state index contributed by atoms with van der Waals surface area (Å²) in [5.74, 6) is -0.107. The van der Waals surface area contributed by atoms with E-state index >= 15 is 0 Å². The molecule has 0 bridgehead atoms. The number of rotatable bonds is 4. The molecule has 1 aromatic rings. The van der Waals surface area contributed by atoms with Gasteiger partial charge in [0.05, 0.1) is 5.75 Å². The Kier molecular flexibility index (Phi) is 6.36. The summed E-state index contributed by atoms with van der Waals surface area (Å²) in [6, 6.07) is 4.77. The summed E-state index contributed by atoms with van der Waals surface area (Å²) in [6.45, 7) is 1.52. The van der Waals surface area contributed by atoms with Crippen molar-refractivity contribution in [3.05, 3.63) is 33.8 Å². The van der Waals surface area contributed by atoms with E-state index in [-0.39, 0.29) is 24.2 Å². The van der Waals surface area contributed by atoms with Crippen LogP contribution in [0.2, 0.25) is 10.0 Å². The van der Waals surface area contributed by atoms with Crippen LogP contribution in [0.1, 0.15) is 12.0 Å². The molecule has 1 aliphatic heterocycles. The second-order valence-electron chi connectivity index (χ2n) is 4.34. The van der Waals surface area contributed by atoms with Crippen molar-refractivity contribution >= 4 is 45.6 Å². The van der Waals surface area contributed by atoms with Crippen molar-refractivity contribution in [1.82, 2.24) is 10.0 Å². The molecule has 1 fully saturated rings. The van der Waals surface area contributed by atoms with Crippen LogP contribution in [0.15, 0.2) is 18.2 Å². The lowest BCUT2D eigenvalue weighted by atomic mass is 10.2. The summed E-state index contributed by atoms with van der Waals surface area (Å²) < 4.78 is 26.6. The Bertz CT molecular complexity index is 510. The van der Waals surface area contributed by atoms with Gasteiger partial charge in [0.15, 0.2) is 0 Å². The molecule has 2 N–H and O–H groups in total. The van der Waals surface area contributed by atoms with E-state index in [1.165, 1.54) is 0 Å². The molecule has 0 radical (unpaired) electrons. The topological polar surface area (TPSA) is 58.2 Å². The molecule has 0 aromatic heterocycles. The molecular weight excluding hydrogens is 331 g/mol. The molecule has 2 rings (SSSR count). The first-order valence-corrected chi connectivity index (χ1v) is 8.01. The van der Waals surface area contributed by atoms with Gasteiger partial charge >= 0.3 is 0 Å². The molecule has 0 amide bonds. The fourth-order valence-corrected chi connectivity index (χ4v) is 3.93. The van der Waals surface area contributed by atoms with Crippen LogP contribution in [0.25, 0.3) is 0 Å². The Morgan fingerprint density at radius 3 is 2.42 bits per heavy atom. The second kappa shape index (κ2) is 7.11. The smallest absolute Gasteiger partial charge is 0.216 e. The normalized spacial score (nSPS) is 19.2. The third-order valence-electron chi connectivity index (χ3n) is 2.69. The van der Waals surface area contributed by atoms with Gasteiger partial charge in [0.1, 0.15) is 0 Å². The first kappa shape index (κ1) is 17.0. The fraction of sp³-hybridized carbons (Fsp3) is 0.455. The maximum Gasteiger partial charge on any atom is 0.216 e. The summed E-state index contributed by atoms with van der Waals surface area (Å²) in [5.41, 5.74) is 0.589. The fourth-order valence-electron chi connectivity index (χ4n) is 1.96. The number of sulfonamides is 1. The SMILES string of the molecule is Cl.O=S(=O)(Cc1cc(Cl)cc(Cl)c1)NC1CCNC1. The van der Waals surface area contributed by atoms with Crippen molar-refractivity contribution in [1.29, 1.82) is 0 Å². The van der Waals surface area contributed by atoms with Crippen molar-refractivity contribution in [2.24, 2.45) is 0 Å². The van der Waals surface area contributed by atoms with Gasteiger partial charge in [-0.3, -0.25) is 0 Å². The highest BCUT2D eigenvalue weighted by Gasteiger charge is 2.21. The molecule has 0 saturated carbocycles. The summed E-state index contributed by atoms with van der Waals surface area (Å²) in [4.78, 5) is 0. The predicted molar refractivity (Wildman–Crippen MR) is 80.7 cm³/mol. The minimum absolute atomic E-state index is 0. The molecular formula is C11H15Cl3N2O2S. The molecule has 1 aromatic carbocycles. The zero-order chi connectivity index (χ0) is 13.2. The summed E-state index contributed by atoms with van der Waals surface area (Å²) in [6.07, 6.45) is 0.815. The minimum Gasteiger partial charge on any atom is -0.315 e. The van der Waals surface area contributed by atoms with E-state index in [2.05, 4.69) is 10.0 Å². The molecule has 0 spiro atoms. The summed E-state index contributed by atoms with van der Waals surface area (Å²) in [7, 11) is -3.36. The third kappa shape index (κ3) is 5.45. The van der Waals surface area contributed by atoms with Crippen LogP contribution in [0.4, 0.5) is 0 Å². The Hall–Kier alpha value is -0.0400. The monoisotopic (exact) mass is 344 g/mol. The molecule has 108 valence electrons. The van der Waals surface area contributed by atoms with Gasteiger partial charge in [-0.15, -0.1) is 12.4 Å². The standard InChI is InChI=1S/C11H14Cl2N2O2S.ClH/c12-9-3-8(4-10(13)5-9)7-18(16,17)15-11-1-2-14-6-11;/h3-5,11,14-15H,1-2,6-7H2;1H. The van der Waals surface area contributed by atoms with Gasteiger partial charge in [0.25, 0.3) is 0 Å². The molecule has 1 unspecified atom stereocenters. The van der Waals surface area contributed by atoms with Gasteiger partial charge in [-0.25, -0.2) is 13.1 Å². The van der Waals surface area contributed by atoms with Crippen molar-refractivity contribution < 1.29 is 8.42 Å². The Labute approximate surface area is 129 Å². The molecule has 0 aliphatic carbocycles. The van der Waals surface area contributed by atoms with Gasteiger partial charge in [0, 0.05) is 22.6 Å². The number of halogens is 3. The Balaban J connectivity index is 0.00000180. The van der Waals surface area contributed by atoms with E-state index in [4.69, 9.17) is 23.2 Å². The van der Waals surface area contributed by atoms with E-state index in [1.807, 2.05) is 0 Å². The minimum atomic E-state index is -3.36. The van der Waals surface area contributed by atoms with E-state index in [9.17, 15) is 8.42 Å². The number of nitrogens with one attached hydrogen (secondary N) is 2. The van der Waals surface area contributed by atoms with Crippen LogP contribution in [-0.4, -0.2) is 27.5 Å². The lowest BCUT2D eigenvalue weighted by Crippen LogP contribution is -2.36. The Morgan fingerprint density at radius 1 is 1.26 bits per heavy atom. The van der Waals surface area contributed by atoms with Gasteiger partial charge in [-0.1, -0.05) is 23.2 Å². The largest absolute Gasteiger partial charge is 0.315 e. The average molecular weight is 346 g/mol. The van der Waals surface area contributed by atoms with Crippen LogP contribution < -0.4 is 10.0 Å². The zero-order valence-corrected chi connectivity index (χ0v) is 13.2. The first-order valence-electron chi connectivity index (χ1n) is 5.60. The highest BCUT2D eigenvalue weighted by Crippen LogP contribution is 2.20. The predicted octanol–water partition coefficient (Wildman–Crippen LogP) is 2.20. The van der Waals surface area contributed by atoms with Gasteiger partial charge in [0.2, 0.25) is 10.0 Å². The Morgan fingerprint density at radius 2 is 1.89 bits per heavy atom. The molecule has 8 heteroatoms. The molecule has 19 heavy (non-hydrogen) atoms. The van der Waals surface area contributed by atoms with Crippen molar-refractivity contribution in [3.63, 3.8) is 0 Å². The van der Waals surface area contributed by atoms with Crippen LogP contribution in [0.5, 0.6) is 0 Å². The first-order chi connectivity index (χ1) is 8.44. The maximum absolute atomic E-state index is 12.0. The van der Waals surface area contributed by atoms with E-state index in [1.54, 1.807) is 18.2 Å². The molecule has 1 atom stereocenters. The molecule has 1 aliphatic rings. The van der Waals surface area contributed by atoms with Gasteiger partial charge < -0.3 is 5.32 Å². The van der Waals surface area contributed by atoms with Crippen LogP contribution in [0.3, 0.4) is 0 Å². The van der Waals surface area contributed by atoms with E-state index in [0.29, 0.717) is 22.2 Å². The molecule has 4 nitrogen and oxygen atoms in total. The van der Waals surface area contributed by atoms with Crippen molar-refractivity contribution in [3.8, 4) is 0 Å². The number of hydrogen-bond donors (Lipinski definition) is 2. The van der Waals surface area contributed by atoms with Crippen LogP contribution >= 0.6 is 35.6 Å². The second-order valence-corrected chi connectivity index (χ2v) is 6.97. The van der Waals surface area contributed by atoms with Gasteiger partial charge in [-0.05, 0) is 36.7 Å². The quantitative estimate of drug-likeness (QED) is 0.879. The highest BCUT2D eigenvalue weighted by atomic mass is 35.5. The zero-order valence-electron chi connectivity index (χ0n) is 10.0. The van der Waals surface area contributed by atoms with Crippen molar-refractivity contribution in [2.75, 3.05) is 13.1 Å². The number of hydrogen-bond acceptors (Lipinski definition) is 3. The lowest BCUT2D eigenvalue weighted by molar-refractivity contribution is 0.559. The third-order valence-corrected chi connectivity index (χ3v) is 4.53. The lowest BCUT2D eigenvalue weighted by Gasteiger charge is -2.12. The van der Waals surface area contributed by atoms with E-state index < -0.39 is 10.0 Å². The van der Waals surface area contributed by atoms with Crippen LogP contribution in [0, 0.1) is 0 Å².